The highest BCUT2D eigenvalue weighted by molar-refractivity contribution is 8.45. The maximum atomic E-state index is 13.7. The monoisotopic (exact) mass is 458 g/mol. The summed E-state index contributed by atoms with van der Waals surface area (Å²) < 4.78 is 82.5. The van der Waals surface area contributed by atoms with Crippen LogP contribution in [0.1, 0.15) is 17.3 Å². The first kappa shape index (κ1) is 22.7. The van der Waals surface area contributed by atoms with Gasteiger partial charge in [0.1, 0.15) is 11.5 Å². The second-order valence-corrected chi connectivity index (χ2v) is 9.05. The van der Waals surface area contributed by atoms with E-state index in [2.05, 4.69) is 5.32 Å². The smallest absolute Gasteiger partial charge is 0.310 e. The molecule has 0 aliphatic heterocycles. The van der Waals surface area contributed by atoms with E-state index in [9.17, 15) is 33.9 Å². The normalized spacial score (nSPS) is 16.0. The molecule has 1 amide bonds. The molecule has 1 unspecified atom stereocenters. The minimum absolute atomic E-state index is 0.0792. The first-order chi connectivity index (χ1) is 13.0. The molecule has 0 saturated carbocycles. The summed E-state index contributed by atoms with van der Waals surface area (Å²) in [6.07, 6.45) is 0. The average Bonchev–Trinajstić information content (AvgIpc) is 2.59. The Bertz CT molecular complexity index is 972. The molecule has 29 heavy (non-hydrogen) atoms. The number of nitrogens with one attached hydrogen (secondary N) is 1. The number of nitrogens with zero attached hydrogens (tertiary/aromatic N) is 1. The van der Waals surface area contributed by atoms with Gasteiger partial charge in [-0.25, -0.2) is 4.39 Å². The van der Waals surface area contributed by atoms with Crippen molar-refractivity contribution in [3.63, 3.8) is 0 Å². The first-order valence-electron chi connectivity index (χ1n) is 7.69. The number of nitriles is 1. The van der Waals surface area contributed by atoms with Crippen LogP contribution in [0, 0.1) is 17.1 Å². The molecule has 0 radical (unpaired) electrons. The highest BCUT2D eigenvalue weighted by Crippen LogP contribution is 3.02. The molecule has 1 atom stereocenters. The Kier molecular flexibility index (Phi) is 5.28. The van der Waals surface area contributed by atoms with Crippen LogP contribution in [-0.4, -0.2) is 18.1 Å². The van der Waals surface area contributed by atoms with Gasteiger partial charge in [0, 0.05) is 5.56 Å². The van der Waals surface area contributed by atoms with Crippen molar-refractivity contribution in [3.05, 3.63) is 58.9 Å². The average molecular weight is 459 g/mol. The number of amides is 1. The summed E-state index contributed by atoms with van der Waals surface area (Å²) in [7, 11) is -9.87. The summed E-state index contributed by atoms with van der Waals surface area (Å²) in [5.74, 6) is -2.19. The third kappa shape index (κ3) is 5.71. The van der Waals surface area contributed by atoms with Gasteiger partial charge in [-0.15, -0.1) is 0 Å². The molecule has 0 saturated heterocycles. The maximum Gasteiger partial charge on any atom is 0.310 e. The number of para-hydroxylation sites is 1. The molecule has 0 heterocycles. The molecule has 2 aromatic carbocycles. The SMILES string of the molecule is CC(C#N)(COc1c(F)cccc1Cl)NC(=O)c1ccc(S(F)(F)(F)(F)F)cc1. The molecule has 4 nitrogen and oxygen atoms in total. The molecule has 12 heteroatoms. The Labute approximate surface area is 166 Å². The second kappa shape index (κ2) is 6.74. The summed E-state index contributed by atoms with van der Waals surface area (Å²) in [6.45, 7) is 0.655. The van der Waals surface area contributed by atoms with Crippen molar-refractivity contribution < 1.29 is 33.4 Å². The van der Waals surface area contributed by atoms with E-state index in [1.54, 1.807) is 6.07 Å². The van der Waals surface area contributed by atoms with Crippen molar-refractivity contribution in [1.82, 2.24) is 5.32 Å². The van der Waals surface area contributed by atoms with Crippen molar-refractivity contribution in [3.8, 4) is 11.8 Å². The zero-order chi connectivity index (χ0) is 22.2. The largest absolute Gasteiger partial charge is 0.485 e. The minimum Gasteiger partial charge on any atom is -0.485 e. The predicted molar refractivity (Wildman–Crippen MR) is 96.2 cm³/mol. The lowest BCUT2D eigenvalue weighted by molar-refractivity contribution is 0.0900. The third-order valence-corrected chi connectivity index (χ3v) is 5.08. The molecule has 1 N–H and O–H groups in total. The van der Waals surface area contributed by atoms with Gasteiger partial charge in [0.15, 0.2) is 17.1 Å². The van der Waals surface area contributed by atoms with E-state index in [0.29, 0.717) is 12.1 Å². The number of carbonyl (C=O) groups is 1. The first-order valence-corrected chi connectivity index (χ1v) is 10.0. The van der Waals surface area contributed by atoms with Gasteiger partial charge < -0.3 is 10.1 Å². The lowest BCUT2D eigenvalue weighted by Crippen LogP contribution is -2.49. The quantitative estimate of drug-likeness (QED) is 0.522. The Morgan fingerprint density at radius 3 is 2.24 bits per heavy atom. The summed E-state index contributed by atoms with van der Waals surface area (Å²) in [4.78, 5) is 10.1. The van der Waals surface area contributed by atoms with Crippen molar-refractivity contribution in [1.29, 1.82) is 5.26 Å². The third-order valence-electron chi connectivity index (χ3n) is 3.62. The van der Waals surface area contributed by atoms with Gasteiger partial charge in [-0.1, -0.05) is 37.1 Å². The van der Waals surface area contributed by atoms with E-state index in [0.717, 1.165) is 6.07 Å². The van der Waals surface area contributed by atoms with E-state index in [-0.39, 0.29) is 22.9 Å². The van der Waals surface area contributed by atoms with Crippen LogP contribution >= 0.6 is 21.8 Å². The Morgan fingerprint density at radius 1 is 1.17 bits per heavy atom. The zero-order valence-electron chi connectivity index (χ0n) is 14.6. The minimum atomic E-state index is -9.87. The summed E-state index contributed by atoms with van der Waals surface area (Å²) in [6, 6.07) is 6.70. The predicted octanol–water partition coefficient (Wildman–Crippen LogP) is 6.23. The van der Waals surface area contributed by atoms with Crippen molar-refractivity contribution in [2.24, 2.45) is 0 Å². The van der Waals surface area contributed by atoms with Crippen LogP contribution in [0.25, 0.3) is 0 Å². The lowest BCUT2D eigenvalue weighted by atomic mass is 10.1. The second-order valence-electron chi connectivity index (χ2n) is 6.23. The number of hydrogen-bond acceptors (Lipinski definition) is 3. The fraction of sp³-hybridized carbons (Fsp3) is 0.176. The maximum absolute atomic E-state index is 13.7. The Morgan fingerprint density at radius 2 is 1.76 bits per heavy atom. The molecular weight excluding hydrogens is 446 g/mol. The van der Waals surface area contributed by atoms with Crippen molar-refractivity contribution in [2.75, 3.05) is 6.61 Å². The molecule has 0 aliphatic rings. The summed E-state index contributed by atoms with van der Waals surface area (Å²) in [5, 5.41) is 11.4. The van der Waals surface area contributed by atoms with Crippen LogP contribution in [-0.2, 0) is 0 Å². The summed E-state index contributed by atoms with van der Waals surface area (Å²) in [5.41, 5.74) is -2.14. The van der Waals surface area contributed by atoms with E-state index in [1.165, 1.54) is 19.1 Å². The highest BCUT2D eigenvalue weighted by atomic mass is 35.5. The number of ether oxygens (including phenoxy) is 1. The standard InChI is InChI=1S/C17H13ClF6N2O2S/c1-17(9-25,10-28-15-13(18)3-2-4-14(15)19)26-16(27)11-5-7-12(8-6-11)29(20,21,22,23)24/h2-8H,10H2,1H3,(H,26,27). The van der Waals surface area contributed by atoms with Gasteiger partial charge in [0.25, 0.3) is 5.91 Å². The van der Waals surface area contributed by atoms with Gasteiger partial charge in [-0.05, 0) is 43.3 Å². The van der Waals surface area contributed by atoms with Crippen LogP contribution in [0.4, 0.5) is 23.8 Å². The van der Waals surface area contributed by atoms with Crippen LogP contribution in [0.2, 0.25) is 5.02 Å². The Hall–Kier alpha value is -2.58. The number of hydrogen-bond donors (Lipinski definition) is 1. The molecule has 0 aromatic heterocycles. The molecule has 158 valence electrons. The van der Waals surface area contributed by atoms with Gasteiger partial charge >= 0.3 is 10.2 Å². The molecule has 0 spiro atoms. The fourth-order valence-corrected chi connectivity index (χ4v) is 2.99. The fourth-order valence-electron chi connectivity index (χ4n) is 2.12. The zero-order valence-corrected chi connectivity index (χ0v) is 16.1. The number of rotatable bonds is 6. The summed E-state index contributed by atoms with van der Waals surface area (Å²) >= 11 is 5.79. The van der Waals surface area contributed by atoms with E-state index in [4.69, 9.17) is 16.3 Å². The van der Waals surface area contributed by atoms with Gasteiger partial charge in [-0.2, -0.15) is 5.26 Å². The molecule has 0 bridgehead atoms. The van der Waals surface area contributed by atoms with Crippen molar-refractivity contribution in [2.45, 2.75) is 17.4 Å². The number of halogens is 7. The Balaban J connectivity index is 2.16. The molecule has 0 aliphatic carbocycles. The molecule has 0 fully saturated rings. The van der Waals surface area contributed by atoms with Gasteiger partial charge in [0.2, 0.25) is 0 Å². The topological polar surface area (TPSA) is 62.1 Å². The van der Waals surface area contributed by atoms with Crippen LogP contribution < -0.4 is 10.1 Å². The lowest BCUT2D eigenvalue weighted by Gasteiger charge is -2.40. The van der Waals surface area contributed by atoms with E-state index >= 15 is 0 Å². The van der Waals surface area contributed by atoms with E-state index < -0.39 is 44.6 Å². The van der Waals surface area contributed by atoms with Gasteiger partial charge in [0.05, 0.1) is 11.1 Å². The van der Waals surface area contributed by atoms with Crippen LogP contribution in [0.15, 0.2) is 47.4 Å². The molecule has 2 rings (SSSR count). The highest BCUT2D eigenvalue weighted by Gasteiger charge is 2.65. The molecular formula is C17H13ClF6N2O2S. The van der Waals surface area contributed by atoms with Crippen LogP contribution in [0.5, 0.6) is 5.75 Å². The van der Waals surface area contributed by atoms with E-state index in [1.807, 2.05) is 0 Å². The number of carbonyl (C=O) groups excluding carboxylic acids is 1. The van der Waals surface area contributed by atoms with Crippen LogP contribution in [0.3, 0.4) is 0 Å². The van der Waals surface area contributed by atoms with Crippen molar-refractivity contribution >= 4 is 27.7 Å². The van der Waals surface area contributed by atoms with Gasteiger partial charge in [-0.3, -0.25) is 4.79 Å². The molecule has 2 aromatic rings. The number of benzene rings is 2.